The highest BCUT2D eigenvalue weighted by Crippen LogP contribution is 2.44. The van der Waals surface area contributed by atoms with E-state index in [1.54, 1.807) is 5.38 Å². The van der Waals surface area contributed by atoms with Crippen molar-refractivity contribution < 1.29 is 18.0 Å². The van der Waals surface area contributed by atoms with Crippen LogP contribution in [-0.2, 0) is 0 Å². The number of urea groups is 1. The second kappa shape index (κ2) is 4.95. The molecule has 0 aliphatic carbocycles. The number of nitrogens with zero attached hydrogens (tertiary/aromatic N) is 1. The minimum absolute atomic E-state index is 0.0491. The molecule has 0 spiro atoms. The van der Waals surface area contributed by atoms with E-state index < -0.39 is 23.7 Å². The molecule has 0 radical (unpaired) electrons. The fourth-order valence-electron chi connectivity index (χ4n) is 2.69. The molecule has 2 heterocycles. The Bertz CT molecular complexity index is 510. The molecule has 0 aromatic carbocycles. The largest absolute Gasteiger partial charge is 0.394 e. The number of anilines is 1. The zero-order chi connectivity index (χ0) is 15.1. The van der Waals surface area contributed by atoms with Gasteiger partial charge >= 0.3 is 12.2 Å². The summed E-state index contributed by atoms with van der Waals surface area (Å²) >= 11 is 1.44. The number of carbonyl (C=O) groups is 1. The van der Waals surface area contributed by atoms with Gasteiger partial charge in [-0.05, 0) is 38.1 Å². The van der Waals surface area contributed by atoms with E-state index in [0.29, 0.717) is 5.69 Å². The van der Waals surface area contributed by atoms with Crippen LogP contribution in [0.3, 0.4) is 0 Å². The van der Waals surface area contributed by atoms with Gasteiger partial charge in [-0.1, -0.05) is 0 Å². The van der Waals surface area contributed by atoms with Crippen molar-refractivity contribution in [1.29, 1.82) is 0 Å². The van der Waals surface area contributed by atoms with Gasteiger partial charge in [0.05, 0.1) is 17.1 Å². The standard InChI is InChI=1S/C13H17F3N2OS/c1-8-6-20-7-9(8)17-11(19)18-5-4-10(12(18,2)3)13(14,15)16/h6-7,10H,4-5H2,1-3H3,(H,17,19)/t10-/m0/s1. The first-order valence-electron chi connectivity index (χ1n) is 6.32. The van der Waals surface area contributed by atoms with Crippen LogP contribution in [0.5, 0.6) is 0 Å². The van der Waals surface area contributed by atoms with Crippen LogP contribution in [0.15, 0.2) is 10.8 Å². The van der Waals surface area contributed by atoms with Gasteiger partial charge in [0.1, 0.15) is 0 Å². The Morgan fingerprint density at radius 1 is 1.45 bits per heavy atom. The molecule has 0 saturated carbocycles. The third-order valence-electron chi connectivity index (χ3n) is 3.93. The van der Waals surface area contributed by atoms with Gasteiger partial charge in [0, 0.05) is 11.9 Å². The van der Waals surface area contributed by atoms with E-state index in [4.69, 9.17) is 0 Å². The van der Waals surface area contributed by atoms with Crippen molar-refractivity contribution in [1.82, 2.24) is 4.90 Å². The predicted octanol–water partition coefficient (Wildman–Crippen LogP) is 4.25. The SMILES string of the molecule is Cc1cscc1NC(=O)N1CC[C@H](C(F)(F)F)C1(C)C. The topological polar surface area (TPSA) is 32.3 Å². The Hall–Kier alpha value is -1.24. The van der Waals surface area contributed by atoms with Crippen LogP contribution >= 0.6 is 11.3 Å². The lowest BCUT2D eigenvalue weighted by Gasteiger charge is -2.36. The lowest BCUT2D eigenvalue weighted by Crippen LogP contribution is -2.51. The van der Waals surface area contributed by atoms with Crippen LogP contribution in [0.1, 0.15) is 25.8 Å². The number of nitrogens with one attached hydrogen (secondary N) is 1. The van der Waals surface area contributed by atoms with Gasteiger partial charge in [0.15, 0.2) is 0 Å². The molecule has 20 heavy (non-hydrogen) atoms. The van der Waals surface area contributed by atoms with E-state index in [2.05, 4.69) is 5.32 Å². The van der Waals surface area contributed by atoms with Crippen LogP contribution < -0.4 is 5.32 Å². The van der Waals surface area contributed by atoms with Gasteiger partial charge < -0.3 is 10.2 Å². The summed E-state index contributed by atoms with van der Waals surface area (Å²) in [5, 5.41) is 6.34. The second-order valence-corrected chi connectivity index (χ2v) is 6.33. The number of hydrogen-bond acceptors (Lipinski definition) is 2. The summed E-state index contributed by atoms with van der Waals surface area (Å²) in [4.78, 5) is 13.5. The summed E-state index contributed by atoms with van der Waals surface area (Å²) in [6, 6.07) is -0.469. The van der Waals surface area contributed by atoms with Crippen LogP contribution in [0.25, 0.3) is 0 Å². The molecule has 1 aliphatic rings. The molecule has 2 rings (SSSR count). The first kappa shape index (κ1) is 15.2. The molecule has 3 nitrogen and oxygen atoms in total. The van der Waals surface area contributed by atoms with Crippen molar-refractivity contribution in [3.8, 4) is 0 Å². The zero-order valence-corrected chi connectivity index (χ0v) is 12.4. The molecule has 1 N–H and O–H groups in total. The number of likely N-dealkylation sites (tertiary alicyclic amines) is 1. The van der Waals surface area contributed by atoms with E-state index >= 15 is 0 Å². The minimum atomic E-state index is -4.28. The Morgan fingerprint density at radius 3 is 2.55 bits per heavy atom. The summed E-state index contributed by atoms with van der Waals surface area (Å²) in [6.45, 7) is 4.91. The molecule has 1 aliphatic heterocycles. The van der Waals surface area contributed by atoms with E-state index in [1.807, 2.05) is 12.3 Å². The molecule has 0 unspecified atom stereocenters. The maximum absolute atomic E-state index is 13.0. The van der Waals surface area contributed by atoms with Crippen molar-refractivity contribution in [3.63, 3.8) is 0 Å². The Kier molecular flexibility index (Phi) is 3.75. The normalized spacial score (nSPS) is 22.1. The summed E-state index contributed by atoms with van der Waals surface area (Å²) in [6.07, 6.45) is -4.33. The molecule has 2 amide bonds. The van der Waals surface area contributed by atoms with Crippen LogP contribution in [0.2, 0.25) is 0 Å². The molecule has 0 bridgehead atoms. The van der Waals surface area contributed by atoms with Crippen LogP contribution in [0, 0.1) is 12.8 Å². The van der Waals surface area contributed by atoms with Crippen LogP contribution in [-0.4, -0.2) is 29.2 Å². The Balaban J connectivity index is 2.14. The third-order valence-corrected chi connectivity index (χ3v) is 4.79. The van der Waals surface area contributed by atoms with E-state index in [1.165, 1.54) is 30.1 Å². The van der Waals surface area contributed by atoms with Crippen molar-refractivity contribution in [2.75, 3.05) is 11.9 Å². The summed E-state index contributed by atoms with van der Waals surface area (Å²) in [5.74, 6) is -1.48. The summed E-state index contributed by atoms with van der Waals surface area (Å²) in [5.41, 5.74) is 0.339. The molecular formula is C13H17F3N2OS. The molecule has 1 saturated heterocycles. The molecular weight excluding hydrogens is 289 g/mol. The number of hydrogen-bond donors (Lipinski definition) is 1. The van der Waals surface area contributed by atoms with Crippen molar-refractivity contribution in [2.45, 2.75) is 38.9 Å². The highest BCUT2D eigenvalue weighted by atomic mass is 32.1. The van der Waals surface area contributed by atoms with E-state index in [9.17, 15) is 18.0 Å². The number of alkyl halides is 3. The average Bonchev–Trinajstić information content (AvgIpc) is 2.81. The lowest BCUT2D eigenvalue weighted by atomic mass is 9.88. The van der Waals surface area contributed by atoms with Crippen molar-refractivity contribution >= 4 is 23.1 Å². The number of halogens is 3. The predicted molar refractivity (Wildman–Crippen MR) is 73.0 cm³/mol. The quantitative estimate of drug-likeness (QED) is 0.826. The summed E-state index contributed by atoms with van der Waals surface area (Å²) in [7, 11) is 0. The molecule has 1 atom stereocenters. The fourth-order valence-corrected chi connectivity index (χ4v) is 3.47. The summed E-state index contributed by atoms with van der Waals surface area (Å²) < 4.78 is 38.9. The first-order chi connectivity index (χ1) is 9.14. The molecule has 112 valence electrons. The third kappa shape index (κ3) is 2.63. The van der Waals surface area contributed by atoms with Gasteiger partial charge in [0.2, 0.25) is 0 Å². The van der Waals surface area contributed by atoms with Gasteiger partial charge in [0.25, 0.3) is 0 Å². The minimum Gasteiger partial charge on any atom is -0.319 e. The number of aryl methyl sites for hydroxylation is 1. The average molecular weight is 306 g/mol. The maximum atomic E-state index is 13.0. The van der Waals surface area contributed by atoms with Gasteiger partial charge in [-0.15, -0.1) is 11.3 Å². The fraction of sp³-hybridized carbons (Fsp3) is 0.615. The first-order valence-corrected chi connectivity index (χ1v) is 7.26. The molecule has 1 aromatic rings. The lowest BCUT2D eigenvalue weighted by molar-refractivity contribution is -0.189. The maximum Gasteiger partial charge on any atom is 0.394 e. The van der Waals surface area contributed by atoms with Gasteiger partial charge in [-0.3, -0.25) is 0 Å². The van der Waals surface area contributed by atoms with Crippen molar-refractivity contribution in [3.05, 3.63) is 16.3 Å². The highest BCUT2D eigenvalue weighted by Gasteiger charge is 2.56. The zero-order valence-electron chi connectivity index (χ0n) is 11.5. The van der Waals surface area contributed by atoms with Crippen LogP contribution in [0.4, 0.5) is 23.7 Å². The highest BCUT2D eigenvalue weighted by molar-refractivity contribution is 7.08. The number of amides is 2. The second-order valence-electron chi connectivity index (χ2n) is 5.59. The monoisotopic (exact) mass is 306 g/mol. The smallest absolute Gasteiger partial charge is 0.319 e. The molecule has 1 aromatic heterocycles. The van der Waals surface area contributed by atoms with Gasteiger partial charge in [-0.25, -0.2) is 4.79 Å². The number of thiophene rings is 1. The molecule has 7 heteroatoms. The Morgan fingerprint density at radius 2 is 2.10 bits per heavy atom. The number of carbonyl (C=O) groups excluding carboxylic acids is 1. The van der Waals surface area contributed by atoms with Gasteiger partial charge in [-0.2, -0.15) is 13.2 Å². The van der Waals surface area contributed by atoms with E-state index in [0.717, 1.165) is 5.56 Å². The molecule has 1 fully saturated rings. The van der Waals surface area contributed by atoms with Crippen molar-refractivity contribution in [2.24, 2.45) is 5.92 Å². The number of rotatable bonds is 1. The Labute approximate surface area is 119 Å². The van der Waals surface area contributed by atoms with E-state index in [-0.39, 0.29) is 13.0 Å².